The molecule has 2 aromatic rings. The Labute approximate surface area is 108 Å². The van der Waals surface area contributed by atoms with E-state index in [0.717, 1.165) is 11.3 Å². The number of methoxy groups -OCH3 is 1. The Bertz CT molecular complexity index is 572. The Morgan fingerprint density at radius 1 is 1.33 bits per heavy atom. The molecule has 0 saturated heterocycles. The quantitative estimate of drug-likeness (QED) is 0.915. The number of nitrogens with zero attached hydrogens (tertiary/aromatic N) is 1. The van der Waals surface area contributed by atoms with Gasteiger partial charge in [0.25, 0.3) is 0 Å². The Balaban J connectivity index is 2.24. The molecule has 0 spiro atoms. The number of aromatic nitrogens is 1. The fourth-order valence-electron chi connectivity index (χ4n) is 1.64. The first-order valence-corrected chi connectivity index (χ1v) is 6.74. The predicted octanol–water partition coefficient (Wildman–Crippen LogP) is 1.98. The molecule has 1 aromatic heterocycles. The number of pyridine rings is 1. The lowest BCUT2D eigenvalue weighted by atomic mass is 10.2. The van der Waals surface area contributed by atoms with Gasteiger partial charge in [-0.25, -0.2) is 0 Å². The van der Waals surface area contributed by atoms with Crippen molar-refractivity contribution in [3.8, 4) is 5.75 Å². The molecule has 18 heavy (non-hydrogen) atoms. The molecule has 0 aliphatic rings. The molecule has 0 aliphatic carbocycles. The van der Waals surface area contributed by atoms with Crippen molar-refractivity contribution in [2.24, 2.45) is 0 Å². The highest BCUT2D eigenvalue weighted by molar-refractivity contribution is 7.84. The minimum absolute atomic E-state index is 0.373. The second kappa shape index (κ2) is 5.64. The molecule has 2 rings (SSSR count). The maximum atomic E-state index is 12.3. The van der Waals surface area contributed by atoms with E-state index in [9.17, 15) is 4.21 Å². The van der Waals surface area contributed by atoms with Gasteiger partial charge in [0.05, 0.1) is 40.4 Å². The van der Waals surface area contributed by atoms with E-state index in [0.29, 0.717) is 16.3 Å². The van der Waals surface area contributed by atoms with Gasteiger partial charge in [0.15, 0.2) is 0 Å². The van der Waals surface area contributed by atoms with Crippen LogP contribution < -0.4 is 10.5 Å². The molecule has 1 heterocycles. The van der Waals surface area contributed by atoms with Gasteiger partial charge in [-0.1, -0.05) is 18.2 Å². The molecule has 4 nitrogen and oxygen atoms in total. The zero-order chi connectivity index (χ0) is 13.0. The van der Waals surface area contributed by atoms with Crippen molar-refractivity contribution in [3.63, 3.8) is 0 Å². The standard InChI is InChI=1S/C13H14N2O2S/c1-17-12-5-3-2-4-10(12)9-18(16)13-6-7-15-8-11(13)14/h2-8H,9,14H2,1H3. The van der Waals surface area contributed by atoms with Crippen molar-refractivity contribution in [2.45, 2.75) is 10.6 Å². The molecule has 0 fully saturated rings. The maximum absolute atomic E-state index is 12.3. The van der Waals surface area contributed by atoms with Crippen LogP contribution in [0.15, 0.2) is 47.6 Å². The summed E-state index contributed by atoms with van der Waals surface area (Å²) in [7, 11) is 0.397. The van der Waals surface area contributed by atoms with Gasteiger partial charge in [-0.15, -0.1) is 0 Å². The third kappa shape index (κ3) is 2.68. The molecule has 0 amide bonds. The minimum Gasteiger partial charge on any atom is -0.496 e. The average Bonchev–Trinajstić information content (AvgIpc) is 2.39. The molecule has 1 atom stereocenters. The van der Waals surface area contributed by atoms with Gasteiger partial charge in [0, 0.05) is 11.8 Å². The zero-order valence-electron chi connectivity index (χ0n) is 10.00. The summed E-state index contributed by atoms with van der Waals surface area (Å²) >= 11 is 0. The monoisotopic (exact) mass is 262 g/mol. The number of benzene rings is 1. The van der Waals surface area contributed by atoms with Gasteiger partial charge in [0.1, 0.15) is 5.75 Å². The van der Waals surface area contributed by atoms with Crippen LogP contribution in [-0.2, 0) is 16.6 Å². The van der Waals surface area contributed by atoms with Crippen molar-refractivity contribution in [1.29, 1.82) is 0 Å². The third-order valence-corrected chi connectivity index (χ3v) is 3.97. The van der Waals surface area contributed by atoms with Crippen molar-refractivity contribution in [1.82, 2.24) is 4.98 Å². The number of nitrogen functional groups attached to an aromatic ring is 1. The average molecular weight is 262 g/mol. The smallest absolute Gasteiger partial charge is 0.122 e. The number of ether oxygens (including phenoxy) is 1. The summed E-state index contributed by atoms with van der Waals surface area (Å²) in [6.45, 7) is 0. The molecule has 0 aliphatic heterocycles. The van der Waals surface area contributed by atoms with E-state index in [1.54, 1.807) is 19.4 Å². The molecule has 2 N–H and O–H groups in total. The number of nitrogens with two attached hydrogens (primary N) is 1. The lowest BCUT2D eigenvalue weighted by molar-refractivity contribution is 0.411. The van der Waals surface area contributed by atoms with Gasteiger partial charge in [-0.3, -0.25) is 9.19 Å². The van der Waals surface area contributed by atoms with Gasteiger partial charge in [0.2, 0.25) is 0 Å². The minimum atomic E-state index is -1.20. The number of rotatable bonds is 4. The summed E-state index contributed by atoms with van der Waals surface area (Å²) in [4.78, 5) is 4.49. The van der Waals surface area contributed by atoms with Gasteiger partial charge in [-0.2, -0.15) is 0 Å². The van der Waals surface area contributed by atoms with Crippen LogP contribution in [0.5, 0.6) is 5.75 Å². The lowest BCUT2D eigenvalue weighted by Crippen LogP contribution is -2.02. The predicted molar refractivity (Wildman–Crippen MR) is 71.8 cm³/mol. The fourth-order valence-corrected chi connectivity index (χ4v) is 2.85. The third-order valence-electron chi connectivity index (χ3n) is 2.53. The molecule has 0 saturated carbocycles. The van der Waals surface area contributed by atoms with E-state index in [2.05, 4.69) is 4.98 Å². The molecular weight excluding hydrogens is 248 g/mol. The summed E-state index contributed by atoms with van der Waals surface area (Å²) in [6.07, 6.45) is 3.10. The molecule has 5 heteroatoms. The van der Waals surface area contributed by atoms with Crippen molar-refractivity contribution in [2.75, 3.05) is 12.8 Å². The van der Waals surface area contributed by atoms with Crippen LogP contribution in [0.3, 0.4) is 0 Å². The van der Waals surface area contributed by atoms with Gasteiger partial charge >= 0.3 is 0 Å². The molecule has 1 aromatic carbocycles. The second-order valence-corrected chi connectivity index (χ2v) is 5.13. The summed E-state index contributed by atoms with van der Waals surface area (Å²) in [5.74, 6) is 1.11. The lowest BCUT2D eigenvalue weighted by Gasteiger charge is -2.09. The Kier molecular flexibility index (Phi) is 3.94. The van der Waals surface area contributed by atoms with E-state index in [-0.39, 0.29) is 0 Å². The van der Waals surface area contributed by atoms with Crippen LogP contribution in [0.1, 0.15) is 5.56 Å². The van der Waals surface area contributed by atoms with Crippen molar-refractivity contribution >= 4 is 16.5 Å². The Hall–Kier alpha value is -1.88. The van der Waals surface area contributed by atoms with Gasteiger partial charge in [-0.05, 0) is 12.1 Å². The summed E-state index contributed by atoms with van der Waals surface area (Å²) < 4.78 is 17.5. The first-order valence-electron chi connectivity index (χ1n) is 5.42. The maximum Gasteiger partial charge on any atom is 0.122 e. The Morgan fingerprint density at radius 2 is 2.11 bits per heavy atom. The fraction of sp³-hybridized carbons (Fsp3) is 0.154. The molecular formula is C13H14N2O2S. The van der Waals surface area contributed by atoms with Crippen LogP contribution in [0, 0.1) is 0 Å². The van der Waals surface area contributed by atoms with Crippen LogP contribution >= 0.6 is 0 Å². The molecule has 0 radical (unpaired) electrons. The van der Waals surface area contributed by atoms with E-state index >= 15 is 0 Å². The summed E-state index contributed by atoms with van der Waals surface area (Å²) in [6, 6.07) is 9.20. The van der Waals surface area contributed by atoms with E-state index in [4.69, 9.17) is 10.5 Å². The van der Waals surface area contributed by atoms with Gasteiger partial charge < -0.3 is 10.5 Å². The highest BCUT2D eigenvalue weighted by atomic mass is 32.2. The summed E-state index contributed by atoms with van der Waals surface area (Å²) in [5, 5.41) is 0. The van der Waals surface area contributed by atoms with Crippen LogP contribution in [0.4, 0.5) is 5.69 Å². The molecule has 0 bridgehead atoms. The second-order valence-electron chi connectivity index (χ2n) is 3.72. The highest BCUT2D eigenvalue weighted by Gasteiger charge is 2.11. The normalized spacial score (nSPS) is 12.1. The van der Waals surface area contributed by atoms with Crippen molar-refractivity contribution in [3.05, 3.63) is 48.3 Å². The number of anilines is 1. The Morgan fingerprint density at radius 3 is 2.83 bits per heavy atom. The molecule has 94 valence electrons. The number of para-hydroxylation sites is 1. The van der Waals surface area contributed by atoms with Crippen molar-refractivity contribution < 1.29 is 8.95 Å². The highest BCUT2D eigenvalue weighted by Crippen LogP contribution is 2.23. The van der Waals surface area contributed by atoms with E-state index < -0.39 is 10.8 Å². The van der Waals surface area contributed by atoms with Crippen LogP contribution in [0.2, 0.25) is 0 Å². The number of hydrogen-bond donors (Lipinski definition) is 1. The topological polar surface area (TPSA) is 65.2 Å². The van der Waals surface area contributed by atoms with E-state index in [1.165, 1.54) is 6.20 Å². The van der Waals surface area contributed by atoms with E-state index in [1.807, 2.05) is 24.3 Å². The van der Waals surface area contributed by atoms with Crippen LogP contribution in [-0.4, -0.2) is 16.3 Å². The zero-order valence-corrected chi connectivity index (χ0v) is 10.8. The first kappa shape index (κ1) is 12.6. The largest absolute Gasteiger partial charge is 0.496 e. The number of hydrogen-bond acceptors (Lipinski definition) is 4. The summed E-state index contributed by atoms with van der Waals surface area (Å²) in [5.41, 5.74) is 7.11. The molecule has 1 unspecified atom stereocenters. The first-order chi connectivity index (χ1) is 8.72. The van der Waals surface area contributed by atoms with Crippen LogP contribution in [0.25, 0.3) is 0 Å². The SMILES string of the molecule is COc1ccccc1CS(=O)c1ccncc1N.